The second kappa shape index (κ2) is 4.98. The minimum Gasteiger partial charge on any atom is -0.467 e. The van der Waals surface area contributed by atoms with Gasteiger partial charge < -0.3 is 9.84 Å². The number of hydrogen-bond donors (Lipinski definition) is 1. The van der Waals surface area contributed by atoms with E-state index in [1.165, 1.54) is 0 Å². The van der Waals surface area contributed by atoms with E-state index < -0.39 is 35.4 Å². The number of methoxy groups -OCH3 is 1. The maximum Gasteiger partial charge on any atom is 0.339 e. The van der Waals surface area contributed by atoms with Crippen molar-refractivity contribution in [3.05, 3.63) is 35.1 Å². The maximum atomic E-state index is 13.2. The number of carbonyl (C=O) groups is 1. The van der Waals surface area contributed by atoms with Crippen molar-refractivity contribution in [3.8, 4) is 0 Å². The van der Waals surface area contributed by atoms with Crippen molar-refractivity contribution in [1.82, 2.24) is 0 Å². The summed E-state index contributed by atoms with van der Waals surface area (Å²) in [7, 11) is 1.00. The molecule has 0 radical (unpaired) electrons. The van der Waals surface area contributed by atoms with Crippen molar-refractivity contribution < 1.29 is 27.8 Å². The Morgan fingerprint density at radius 1 is 1.44 bits per heavy atom. The summed E-state index contributed by atoms with van der Waals surface area (Å²) in [5.74, 6) is -2.05. The first kappa shape index (κ1) is 12.5. The highest BCUT2D eigenvalue weighted by molar-refractivity contribution is 5.76. The summed E-state index contributed by atoms with van der Waals surface area (Å²) in [5, 5.41) is 9.32. The molecule has 1 unspecified atom stereocenters. The van der Waals surface area contributed by atoms with E-state index in [9.17, 15) is 23.1 Å². The number of benzene rings is 1. The molecular weight excluding hydrogens is 225 g/mol. The van der Waals surface area contributed by atoms with Crippen LogP contribution in [0.3, 0.4) is 0 Å². The van der Waals surface area contributed by atoms with E-state index in [0.29, 0.717) is 0 Å². The second-order valence-corrected chi connectivity index (χ2v) is 3.01. The lowest BCUT2D eigenvalue weighted by atomic mass is 10.1. The normalized spacial score (nSPS) is 12.6. The molecule has 0 heterocycles. The molecule has 0 amide bonds. The predicted molar refractivity (Wildman–Crippen MR) is 48.3 cm³/mol. The van der Waals surface area contributed by atoms with E-state index in [1.54, 1.807) is 0 Å². The van der Waals surface area contributed by atoms with Crippen LogP contribution in [0.4, 0.5) is 13.2 Å². The molecule has 1 aromatic rings. The lowest BCUT2D eigenvalue weighted by molar-refractivity contribution is -0.150. The first-order valence-corrected chi connectivity index (χ1v) is 4.30. The van der Waals surface area contributed by atoms with Gasteiger partial charge in [0.2, 0.25) is 0 Å². The average molecular weight is 234 g/mol. The number of rotatable bonds is 3. The number of aliphatic hydroxyl groups excluding tert-OH is 1. The Bertz CT molecular complexity index is 393. The van der Waals surface area contributed by atoms with Crippen molar-refractivity contribution in [2.24, 2.45) is 0 Å². The fourth-order valence-corrected chi connectivity index (χ4v) is 1.15. The van der Waals surface area contributed by atoms with E-state index in [4.69, 9.17) is 0 Å². The lowest BCUT2D eigenvalue weighted by Crippen LogP contribution is -2.15. The third kappa shape index (κ3) is 2.52. The first-order chi connectivity index (χ1) is 7.47. The van der Waals surface area contributed by atoms with E-state index >= 15 is 0 Å². The van der Waals surface area contributed by atoms with Crippen LogP contribution in [0, 0.1) is 5.82 Å². The fraction of sp³-hybridized carbons (Fsp3) is 0.300. The monoisotopic (exact) mass is 234 g/mol. The Balaban J connectivity index is 3.11. The van der Waals surface area contributed by atoms with Crippen LogP contribution in [0.2, 0.25) is 0 Å². The maximum absolute atomic E-state index is 13.2. The van der Waals surface area contributed by atoms with E-state index in [-0.39, 0.29) is 0 Å². The molecule has 0 spiro atoms. The molecule has 1 rings (SSSR count). The predicted octanol–water partition coefficient (Wildman–Crippen LogP) is 1.97. The third-order valence-electron chi connectivity index (χ3n) is 1.99. The van der Waals surface area contributed by atoms with Gasteiger partial charge in [-0.05, 0) is 12.1 Å². The van der Waals surface area contributed by atoms with Crippen LogP contribution in [0.5, 0.6) is 0 Å². The zero-order chi connectivity index (χ0) is 12.3. The Morgan fingerprint density at radius 3 is 2.56 bits per heavy atom. The van der Waals surface area contributed by atoms with Crippen LogP contribution in [0.25, 0.3) is 0 Å². The van der Waals surface area contributed by atoms with Crippen LogP contribution in [0.1, 0.15) is 23.7 Å². The van der Waals surface area contributed by atoms with Crippen molar-refractivity contribution >= 4 is 5.97 Å². The van der Waals surface area contributed by atoms with Gasteiger partial charge >= 0.3 is 5.97 Å². The van der Waals surface area contributed by atoms with Crippen molar-refractivity contribution in [2.75, 3.05) is 7.11 Å². The largest absolute Gasteiger partial charge is 0.467 e. The number of hydrogen-bond acceptors (Lipinski definition) is 3. The zero-order valence-corrected chi connectivity index (χ0v) is 8.28. The molecule has 3 nitrogen and oxygen atoms in total. The minimum atomic E-state index is -2.80. The molecular formula is C10H9F3O3. The van der Waals surface area contributed by atoms with Gasteiger partial charge in [-0.1, -0.05) is 6.07 Å². The fourth-order valence-electron chi connectivity index (χ4n) is 1.15. The smallest absolute Gasteiger partial charge is 0.339 e. The second-order valence-electron chi connectivity index (χ2n) is 3.01. The number of ether oxygens (including phenoxy) is 1. The third-order valence-corrected chi connectivity index (χ3v) is 1.99. The highest BCUT2D eigenvalue weighted by Gasteiger charge is 2.23. The summed E-state index contributed by atoms with van der Waals surface area (Å²) >= 11 is 0. The number of halogens is 3. The summed E-state index contributed by atoms with van der Waals surface area (Å²) in [5.41, 5.74) is -0.996. The van der Waals surface area contributed by atoms with Gasteiger partial charge in [-0.15, -0.1) is 0 Å². The number of aliphatic hydroxyl groups is 1. The molecule has 16 heavy (non-hydrogen) atoms. The van der Waals surface area contributed by atoms with Crippen LogP contribution in [-0.2, 0) is 9.53 Å². The van der Waals surface area contributed by atoms with Crippen molar-refractivity contribution in [3.63, 3.8) is 0 Å². The minimum absolute atomic E-state index is 0.473. The summed E-state index contributed by atoms with van der Waals surface area (Å²) < 4.78 is 42.0. The van der Waals surface area contributed by atoms with Gasteiger partial charge in [0.1, 0.15) is 5.82 Å². The highest BCUT2D eigenvalue weighted by Crippen LogP contribution is 2.25. The molecule has 6 heteroatoms. The SMILES string of the molecule is COC(=O)C(O)c1cc(C(F)F)ccc1F. The topological polar surface area (TPSA) is 46.5 Å². The summed E-state index contributed by atoms with van der Waals surface area (Å²) in [6.07, 6.45) is -4.70. The molecule has 0 aliphatic carbocycles. The van der Waals surface area contributed by atoms with Crippen molar-refractivity contribution in [1.29, 1.82) is 0 Å². The van der Waals surface area contributed by atoms with Crippen LogP contribution in [0.15, 0.2) is 18.2 Å². The van der Waals surface area contributed by atoms with Crippen LogP contribution >= 0.6 is 0 Å². The van der Waals surface area contributed by atoms with E-state index in [1.807, 2.05) is 0 Å². The van der Waals surface area contributed by atoms with Crippen molar-refractivity contribution in [2.45, 2.75) is 12.5 Å². The van der Waals surface area contributed by atoms with Gasteiger partial charge in [0.15, 0.2) is 6.10 Å². The molecule has 1 aromatic carbocycles. The molecule has 0 fully saturated rings. The molecule has 0 aromatic heterocycles. The Kier molecular flexibility index (Phi) is 3.89. The van der Waals surface area contributed by atoms with Gasteiger partial charge in [-0.2, -0.15) is 0 Å². The Morgan fingerprint density at radius 2 is 2.06 bits per heavy atom. The van der Waals surface area contributed by atoms with Crippen LogP contribution in [-0.4, -0.2) is 18.2 Å². The quantitative estimate of drug-likeness (QED) is 0.813. The Hall–Kier alpha value is -1.56. The zero-order valence-electron chi connectivity index (χ0n) is 8.28. The number of esters is 1. The van der Waals surface area contributed by atoms with E-state index in [2.05, 4.69) is 4.74 Å². The molecule has 1 N–H and O–H groups in total. The summed E-state index contributed by atoms with van der Waals surface area (Å²) in [6.45, 7) is 0. The standard InChI is InChI=1S/C10H9F3O3/c1-16-10(15)8(14)6-4-5(9(12)13)2-3-7(6)11/h2-4,8-9,14H,1H3. The summed E-state index contributed by atoms with van der Waals surface area (Å²) in [4.78, 5) is 10.9. The lowest BCUT2D eigenvalue weighted by Gasteiger charge is -2.11. The molecule has 0 aliphatic heterocycles. The van der Waals surface area contributed by atoms with Gasteiger partial charge in [0.05, 0.1) is 7.11 Å². The van der Waals surface area contributed by atoms with Gasteiger partial charge in [-0.3, -0.25) is 0 Å². The molecule has 0 saturated carbocycles. The molecule has 88 valence electrons. The molecule has 0 bridgehead atoms. The van der Waals surface area contributed by atoms with Gasteiger partial charge in [-0.25, -0.2) is 18.0 Å². The molecule has 0 aliphatic rings. The van der Waals surface area contributed by atoms with Crippen LogP contribution < -0.4 is 0 Å². The molecule has 1 atom stereocenters. The summed E-state index contributed by atoms with van der Waals surface area (Å²) in [6, 6.07) is 2.39. The average Bonchev–Trinajstić information content (AvgIpc) is 2.27. The number of carbonyl (C=O) groups excluding carboxylic acids is 1. The van der Waals surface area contributed by atoms with Gasteiger partial charge in [0, 0.05) is 11.1 Å². The molecule has 0 saturated heterocycles. The Labute approximate surface area is 89.5 Å². The highest BCUT2D eigenvalue weighted by atomic mass is 19.3. The van der Waals surface area contributed by atoms with E-state index in [0.717, 1.165) is 25.3 Å². The van der Waals surface area contributed by atoms with Gasteiger partial charge in [0.25, 0.3) is 6.43 Å². The first-order valence-electron chi connectivity index (χ1n) is 4.30. The number of alkyl halides is 2.